The third-order valence-electron chi connectivity index (χ3n) is 2.59. The van der Waals surface area contributed by atoms with E-state index in [2.05, 4.69) is 34.4 Å². The van der Waals surface area contributed by atoms with Crippen molar-refractivity contribution in [3.8, 4) is 0 Å². The Labute approximate surface area is 101 Å². The summed E-state index contributed by atoms with van der Waals surface area (Å²) in [6.45, 7) is 3.99. The van der Waals surface area contributed by atoms with Crippen LogP contribution in [0.2, 0.25) is 0 Å². The van der Waals surface area contributed by atoms with Gasteiger partial charge in [-0.05, 0) is 40.1 Å². The van der Waals surface area contributed by atoms with Gasteiger partial charge in [-0.2, -0.15) is 5.10 Å². The molecule has 2 rings (SSSR count). The van der Waals surface area contributed by atoms with Crippen LogP contribution in [0.1, 0.15) is 12.1 Å². The van der Waals surface area contributed by atoms with Crippen molar-refractivity contribution in [2.75, 3.05) is 32.5 Å². The van der Waals surface area contributed by atoms with Crippen molar-refractivity contribution in [2.45, 2.75) is 13.3 Å². The summed E-state index contributed by atoms with van der Waals surface area (Å²) in [4.78, 5) is 6.53. The van der Waals surface area contributed by atoms with E-state index < -0.39 is 0 Å². The van der Waals surface area contributed by atoms with Crippen LogP contribution in [0.5, 0.6) is 0 Å². The van der Waals surface area contributed by atoms with Crippen molar-refractivity contribution in [1.82, 2.24) is 19.5 Å². The number of fused-ring (bicyclic) bond motifs is 1. The molecule has 2 heterocycles. The molecule has 0 unspecified atom stereocenters. The first-order valence-electron chi connectivity index (χ1n) is 5.86. The number of aromatic nitrogens is 3. The zero-order chi connectivity index (χ0) is 12.3. The van der Waals surface area contributed by atoms with Gasteiger partial charge in [-0.3, -0.25) is 0 Å². The summed E-state index contributed by atoms with van der Waals surface area (Å²) in [6, 6.07) is 2.04. The maximum absolute atomic E-state index is 4.36. The van der Waals surface area contributed by atoms with E-state index in [1.807, 2.05) is 23.7 Å². The fourth-order valence-electron chi connectivity index (χ4n) is 1.78. The molecule has 0 aliphatic carbocycles. The van der Waals surface area contributed by atoms with Crippen LogP contribution in [-0.2, 0) is 0 Å². The molecule has 92 valence electrons. The molecule has 0 amide bonds. The molecule has 0 aromatic carbocycles. The monoisotopic (exact) mass is 233 g/mol. The number of aryl methyl sites for hydroxylation is 1. The fourth-order valence-corrected chi connectivity index (χ4v) is 1.78. The SMILES string of the molecule is Cc1cc2c(NCCCN(C)C)nccn2n1. The topological polar surface area (TPSA) is 45.5 Å². The number of hydrogen-bond acceptors (Lipinski definition) is 4. The van der Waals surface area contributed by atoms with Gasteiger partial charge in [-0.15, -0.1) is 0 Å². The molecule has 0 fully saturated rings. The highest BCUT2D eigenvalue weighted by molar-refractivity contribution is 5.67. The summed E-state index contributed by atoms with van der Waals surface area (Å²) < 4.78 is 1.86. The van der Waals surface area contributed by atoms with E-state index in [4.69, 9.17) is 0 Å². The molecule has 0 saturated carbocycles. The molecule has 0 bridgehead atoms. The molecule has 5 nitrogen and oxygen atoms in total. The van der Waals surface area contributed by atoms with E-state index in [9.17, 15) is 0 Å². The Bertz CT molecular complexity index is 489. The minimum atomic E-state index is 0.909. The van der Waals surface area contributed by atoms with Crippen LogP contribution in [0, 0.1) is 6.92 Å². The number of hydrogen-bond donors (Lipinski definition) is 1. The molecule has 0 aliphatic heterocycles. The highest BCUT2D eigenvalue weighted by Crippen LogP contribution is 2.14. The number of anilines is 1. The second-order valence-corrected chi connectivity index (χ2v) is 4.47. The van der Waals surface area contributed by atoms with Crippen LogP contribution < -0.4 is 5.32 Å². The molecule has 2 aromatic heterocycles. The minimum Gasteiger partial charge on any atom is -0.368 e. The lowest BCUT2D eigenvalue weighted by Gasteiger charge is -2.10. The van der Waals surface area contributed by atoms with Gasteiger partial charge in [-0.25, -0.2) is 9.50 Å². The predicted molar refractivity (Wildman–Crippen MR) is 69.4 cm³/mol. The molecule has 0 saturated heterocycles. The van der Waals surface area contributed by atoms with Gasteiger partial charge in [-0.1, -0.05) is 0 Å². The van der Waals surface area contributed by atoms with Crippen molar-refractivity contribution in [3.05, 3.63) is 24.2 Å². The van der Waals surface area contributed by atoms with Crippen LogP contribution in [-0.4, -0.2) is 46.7 Å². The normalized spacial score (nSPS) is 11.3. The lowest BCUT2D eigenvalue weighted by molar-refractivity contribution is 0.405. The quantitative estimate of drug-likeness (QED) is 0.793. The average Bonchev–Trinajstić information content (AvgIpc) is 2.65. The van der Waals surface area contributed by atoms with Gasteiger partial charge in [0.05, 0.1) is 5.69 Å². The second-order valence-electron chi connectivity index (χ2n) is 4.47. The molecule has 5 heteroatoms. The van der Waals surface area contributed by atoms with Gasteiger partial charge in [0.2, 0.25) is 0 Å². The Hall–Kier alpha value is -1.62. The summed E-state index contributed by atoms with van der Waals surface area (Å²) in [5.74, 6) is 0.909. The van der Waals surface area contributed by atoms with Crippen LogP contribution in [0.3, 0.4) is 0 Å². The summed E-state index contributed by atoms with van der Waals surface area (Å²) in [6.07, 6.45) is 4.74. The Balaban J connectivity index is 2.03. The third-order valence-corrected chi connectivity index (χ3v) is 2.59. The molecule has 0 aliphatic rings. The van der Waals surface area contributed by atoms with Gasteiger partial charge in [0, 0.05) is 18.9 Å². The van der Waals surface area contributed by atoms with Crippen LogP contribution in [0.15, 0.2) is 18.5 Å². The van der Waals surface area contributed by atoms with Gasteiger partial charge >= 0.3 is 0 Å². The molecular weight excluding hydrogens is 214 g/mol. The van der Waals surface area contributed by atoms with E-state index in [1.165, 1.54) is 0 Å². The summed E-state index contributed by atoms with van der Waals surface area (Å²) in [5, 5.41) is 7.72. The maximum atomic E-state index is 4.36. The molecule has 1 N–H and O–H groups in total. The molecule has 0 radical (unpaired) electrons. The van der Waals surface area contributed by atoms with Gasteiger partial charge < -0.3 is 10.2 Å². The third kappa shape index (κ3) is 2.94. The maximum Gasteiger partial charge on any atom is 0.152 e. The number of nitrogens with one attached hydrogen (secondary N) is 1. The highest BCUT2D eigenvalue weighted by Gasteiger charge is 2.04. The van der Waals surface area contributed by atoms with Crippen molar-refractivity contribution in [2.24, 2.45) is 0 Å². The van der Waals surface area contributed by atoms with Gasteiger partial charge in [0.15, 0.2) is 5.82 Å². The first-order valence-corrected chi connectivity index (χ1v) is 5.86. The van der Waals surface area contributed by atoms with Crippen molar-refractivity contribution in [3.63, 3.8) is 0 Å². The molecule has 0 spiro atoms. The molecule has 0 atom stereocenters. The van der Waals surface area contributed by atoms with Crippen LogP contribution in [0.25, 0.3) is 5.52 Å². The minimum absolute atomic E-state index is 0.909. The van der Waals surface area contributed by atoms with Crippen LogP contribution in [0.4, 0.5) is 5.82 Å². The molecule has 17 heavy (non-hydrogen) atoms. The van der Waals surface area contributed by atoms with E-state index in [1.54, 1.807) is 6.20 Å². The van der Waals surface area contributed by atoms with Gasteiger partial charge in [0.25, 0.3) is 0 Å². The predicted octanol–water partition coefficient (Wildman–Crippen LogP) is 1.40. The van der Waals surface area contributed by atoms with Gasteiger partial charge in [0.1, 0.15) is 5.52 Å². The lowest BCUT2D eigenvalue weighted by atomic mass is 10.3. The number of rotatable bonds is 5. The van der Waals surface area contributed by atoms with Crippen molar-refractivity contribution >= 4 is 11.3 Å². The Morgan fingerprint density at radius 1 is 1.41 bits per heavy atom. The van der Waals surface area contributed by atoms with Crippen molar-refractivity contribution in [1.29, 1.82) is 0 Å². The van der Waals surface area contributed by atoms with E-state index in [-0.39, 0.29) is 0 Å². The first kappa shape index (κ1) is 11.9. The number of nitrogens with zero attached hydrogens (tertiary/aromatic N) is 4. The van der Waals surface area contributed by atoms with Crippen LogP contribution >= 0.6 is 0 Å². The van der Waals surface area contributed by atoms with E-state index >= 15 is 0 Å². The zero-order valence-electron chi connectivity index (χ0n) is 10.6. The smallest absolute Gasteiger partial charge is 0.152 e. The zero-order valence-corrected chi connectivity index (χ0v) is 10.6. The Morgan fingerprint density at radius 2 is 2.24 bits per heavy atom. The summed E-state index contributed by atoms with van der Waals surface area (Å²) >= 11 is 0. The lowest BCUT2D eigenvalue weighted by Crippen LogP contribution is -2.16. The average molecular weight is 233 g/mol. The van der Waals surface area contributed by atoms with E-state index in [0.29, 0.717) is 0 Å². The fraction of sp³-hybridized carbons (Fsp3) is 0.500. The Kier molecular flexibility index (Phi) is 3.58. The van der Waals surface area contributed by atoms with E-state index in [0.717, 1.165) is 36.5 Å². The second kappa shape index (κ2) is 5.14. The summed E-state index contributed by atoms with van der Waals surface area (Å²) in [5.41, 5.74) is 2.05. The first-order chi connectivity index (χ1) is 8.16. The molecule has 2 aromatic rings. The standard InChI is InChI=1S/C12H19N5/c1-10-9-11-12(13-5-4-7-16(2)3)14-6-8-17(11)15-10/h6,8-9H,4-5,7H2,1-3H3,(H,13,14). The largest absolute Gasteiger partial charge is 0.368 e. The summed E-state index contributed by atoms with van der Waals surface area (Å²) in [7, 11) is 4.17. The highest BCUT2D eigenvalue weighted by atomic mass is 15.2. The van der Waals surface area contributed by atoms with Crippen molar-refractivity contribution < 1.29 is 0 Å². The Morgan fingerprint density at radius 3 is 3.00 bits per heavy atom. The molecular formula is C12H19N5.